The standard InChI is InChI=1S/C23H19ClF3N3O4/c1-3-9-33-17-6-4-5-14(12(17)2)20-15-10-13(24)7-8-16(15)30-21(18(34-20)11-19(31)32)28-29-22(30)23(25,26)27/h3-8,10,18,20H,1,9,11H2,2H3,(H,31,32)/t18-,20-/m1/s1. The summed E-state index contributed by atoms with van der Waals surface area (Å²) in [5, 5.41) is 16.7. The van der Waals surface area contributed by atoms with Gasteiger partial charge in [0.2, 0.25) is 5.82 Å². The number of carboxylic acid groups (broad SMARTS) is 1. The van der Waals surface area contributed by atoms with Crippen LogP contribution in [0.25, 0.3) is 5.69 Å². The highest BCUT2D eigenvalue weighted by molar-refractivity contribution is 6.30. The molecule has 0 aliphatic carbocycles. The molecule has 1 aromatic heterocycles. The van der Waals surface area contributed by atoms with Crippen molar-refractivity contribution >= 4 is 17.6 Å². The van der Waals surface area contributed by atoms with Gasteiger partial charge in [-0.25, -0.2) is 0 Å². The molecule has 7 nitrogen and oxygen atoms in total. The summed E-state index contributed by atoms with van der Waals surface area (Å²) in [6.07, 6.45) is -6.18. The highest BCUT2D eigenvalue weighted by atomic mass is 35.5. The van der Waals surface area contributed by atoms with E-state index in [9.17, 15) is 23.1 Å². The van der Waals surface area contributed by atoms with Crippen molar-refractivity contribution in [2.75, 3.05) is 6.61 Å². The number of hydrogen-bond donors (Lipinski definition) is 1. The predicted octanol–water partition coefficient (Wildman–Crippen LogP) is 5.45. The van der Waals surface area contributed by atoms with Crippen LogP contribution in [0.3, 0.4) is 0 Å². The molecule has 178 valence electrons. The smallest absolute Gasteiger partial charge is 0.452 e. The molecule has 0 spiro atoms. The number of rotatable bonds is 6. The molecule has 0 amide bonds. The Balaban J connectivity index is 1.98. The van der Waals surface area contributed by atoms with Gasteiger partial charge < -0.3 is 14.6 Å². The third kappa shape index (κ3) is 4.38. The second kappa shape index (κ2) is 9.11. The molecular formula is C23H19ClF3N3O4. The Bertz CT molecular complexity index is 1260. The van der Waals surface area contributed by atoms with Crippen molar-refractivity contribution in [1.29, 1.82) is 0 Å². The number of carbonyl (C=O) groups is 1. The van der Waals surface area contributed by atoms with Crippen LogP contribution in [-0.4, -0.2) is 32.4 Å². The SMILES string of the molecule is C=CCOc1cccc([C@H]2O[C@H](CC(=O)O)c3nnc(C(F)(F)F)n3-c3ccc(Cl)cc32)c1C. The number of fused-ring (bicyclic) bond motifs is 3. The van der Waals surface area contributed by atoms with E-state index in [1.807, 2.05) is 0 Å². The molecule has 0 saturated carbocycles. The summed E-state index contributed by atoms with van der Waals surface area (Å²) in [4.78, 5) is 11.6. The first-order valence-electron chi connectivity index (χ1n) is 10.1. The Labute approximate surface area is 197 Å². The molecule has 0 fully saturated rings. The first-order valence-corrected chi connectivity index (χ1v) is 10.5. The topological polar surface area (TPSA) is 86.5 Å². The summed E-state index contributed by atoms with van der Waals surface area (Å²) < 4.78 is 54.2. The molecular weight excluding hydrogens is 475 g/mol. The Morgan fingerprint density at radius 3 is 2.74 bits per heavy atom. The number of aromatic nitrogens is 3. The molecule has 2 heterocycles. The molecule has 0 bridgehead atoms. The summed E-state index contributed by atoms with van der Waals surface area (Å²) in [7, 11) is 0. The summed E-state index contributed by atoms with van der Waals surface area (Å²) in [5.74, 6) is -2.29. The molecule has 34 heavy (non-hydrogen) atoms. The minimum atomic E-state index is -4.84. The number of alkyl halides is 3. The molecule has 4 rings (SSSR count). The Morgan fingerprint density at radius 2 is 2.06 bits per heavy atom. The van der Waals surface area contributed by atoms with Crippen molar-refractivity contribution in [3.05, 3.63) is 82.4 Å². The lowest BCUT2D eigenvalue weighted by Crippen LogP contribution is -2.17. The van der Waals surface area contributed by atoms with Crippen LogP contribution in [0.5, 0.6) is 5.75 Å². The number of nitrogens with zero attached hydrogens (tertiary/aromatic N) is 3. The number of ether oxygens (including phenoxy) is 2. The minimum absolute atomic E-state index is 0.0893. The van der Waals surface area contributed by atoms with E-state index in [1.54, 1.807) is 31.2 Å². The maximum atomic E-state index is 13.8. The predicted molar refractivity (Wildman–Crippen MR) is 116 cm³/mol. The van der Waals surface area contributed by atoms with Crippen LogP contribution >= 0.6 is 11.6 Å². The van der Waals surface area contributed by atoms with Gasteiger partial charge in [-0.1, -0.05) is 36.4 Å². The second-order valence-electron chi connectivity index (χ2n) is 7.59. The van der Waals surface area contributed by atoms with Crippen LogP contribution in [0, 0.1) is 6.92 Å². The summed E-state index contributed by atoms with van der Waals surface area (Å²) >= 11 is 6.23. The van der Waals surface area contributed by atoms with Gasteiger partial charge in [0.15, 0.2) is 5.82 Å². The quantitative estimate of drug-likeness (QED) is 0.460. The number of aliphatic carboxylic acids is 1. The van der Waals surface area contributed by atoms with Gasteiger partial charge in [0.1, 0.15) is 24.6 Å². The van der Waals surface area contributed by atoms with Gasteiger partial charge in [-0.2, -0.15) is 13.2 Å². The van der Waals surface area contributed by atoms with Crippen molar-refractivity contribution in [3.8, 4) is 11.4 Å². The van der Waals surface area contributed by atoms with Gasteiger partial charge in [-0.15, -0.1) is 10.2 Å². The number of carboxylic acids is 1. The molecule has 1 aliphatic heterocycles. The highest BCUT2D eigenvalue weighted by Gasteiger charge is 2.43. The normalized spacial score (nSPS) is 17.4. The summed E-state index contributed by atoms with van der Waals surface area (Å²) in [6, 6.07) is 9.53. The van der Waals surface area contributed by atoms with Crippen LogP contribution in [-0.2, 0) is 15.7 Å². The lowest BCUT2D eigenvalue weighted by atomic mass is 9.95. The zero-order valence-electron chi connectivity index (χ0n) is 17.8. The first kappa shape index (κ1) is 23.8. The molecule has 2 aromatic carbocycles. The molecule has 0 saturated heterocycles. The Hall–Kier alpha value is -3.37. The van der Waals surface area contributed by atoms with Crippen molar-refractivity contribution in [1.82, 2.24) is 14.8 Å². The molecule has 11 heteroatoms. The minimum Gasteiger partial charge on any atom is -0.489 e. The van der Waals surface area contributed by atoms with Crippen LogP contribution in [0.15, 0.2) is 49.1 Å². The lowest BCUT2D eigenvalue weighted by Gasteiger charge is -2.24. The van der Waals surface area contributed by atoms with Crippen molar-refractivity contribution < 1.29 is 32.5 Å². The van der Waals surface area contributed by atoms with E-state index in [0.717, 1.165) is 4.57 Å². The maximum Gasteiger partial charge on any atom is 0.452 e. The number of benzene rings is 2. The van der Waals surface area contributed by atoms with Gasteiger partial charge in [0.25, 0.3) is 0 Å². The fourth-order valence-electron chi connectivity index (χ4n) is 3.92. The van der Waals surface area contributed by atoms with Crippen LogP contribution in [0.2, 0.25) is 5.02 Å². The third-order valence-corrected chi connectivity index (χ3v) is 5.60. The fourth-order valence-corrected chi connectivity index (χ4v) is 4.10. The van der Waals surface area contributed by atoms with Gasteiger partial charge in [-0.05, 0) is 42.3 Å². The number of halogens is 4. The lowest BCUT2D eigenvalue weighted by molar-refractivity contribution is -0.146. The van der Waals surface area contributed by atoms with Gasteiger partial charge in [-0.3, -0.25) is 9.36 Å². The first-order chi connectivity index (χ1) is 16.1. The average Bonchev–Trinajstić information content (AvgIpc) is 3.17. The largest absolute Gasteiger partial charge is 0.489 e. The van der Waals surface area contributed by atoms with Gasteiger partial charge in [0.05, 0.1) is 12.1 Å². The molecule has 2 atom stereocenters. The zero-order chi connectivity index (χ0) is 24.6. The van der Waals surface area contributed by atoms with Crippen molar-refractivity contribution in [3.63, 3.8) is 0 Å². The molecule has 3 aromatic rings. The van der Waals surface area contributed by atoms with Crippen LogP contribution in [0.1, 0.15) is 47.0 Å². The Morgan fingerprint density at radius 1 is 1.29 bits per heavy atom. The third-order valence-electron chi connectivity index (χ3n) is 5.37. The molecule has 1 aliphatic rings. The van der Waals surface area contributed by atoms with Crippen molar-refractivity contribution in [2.24, 2.45) is 0 Å². The highest BCUT2D eigenvalue weighted by Crippen LogP contribution is 2.45. The molecule has 0 unspecified atom stereocenters. The van der Waals surface area contributed by atoms with Gasteiger partial charge >= 0.3 is 12.1 Å². The van der Waals surface area contributed by atoms with Crippen LogP contribution in [0.4, 0.5) is 13.2 Å². The van der Waals surface area contributed by atoms with E-state index in [4.69, 9.17) is 21.1 Å². The summed E-state index contributed by atoms with van der Waals surface area (Å²) in [5.41, 5.74) is 1.64. The van der Waals surface area contributed by atoms with E-state index in [2.05, 4.69) is 16.8 Å². The zero-order valence-corrected chi connectivity index (χ0v) is 18.6. The average molecular weight is 494 g/mol. The molecule has 0 radical (unpaired) electrons. The molecule has 1 N–H and O–H groups in total. The van der Waals surface area contributed by atoms with E-state index in [-0.39, 0.29) is 23.1 Å². The second-order valence-corrected chi connectivity index (χ2v) is 8.03. The fraction of sp³-hybridized carbons (Fsp3) is 0.261. The number of hydrogen-bond acceptors (Lipinski definition) is 5. The van der Waals surface area contributed by atoms with E-state index < -0.39 is 36.6 Å². The van der Waals surface area contributed by atoms with E-state index in [0.29, 0.717) is 22.4 Å². The van der Waals surface area contributed by atoms with Gasteiger partial charge in [0, 0.05) is 10.6 Å². The van der Waals surface area contributed by atoms with Crippen LogP contribution < -0.4 is 4.74 Å². The monoisotopic (exact) mass is 493 g/mol. The summed E-state index contributed by atoms with van der Waals surface area (Å²) in [6.45, 7) is 5.65. The Kier molecular flexibility index (Phi) is 6.37. The van der Waals surface area contributed by atoms with E-state index >= 15 is 0 Å². The van der Waals surface area contributed by atoms with Crippen molar-refractivity contribution in [2.45, 2.75) is 31.7 Å². The maximum absolute atomic E-state index is 13.8. The van der Waals surface area contributed by atoms with E-state index in [1.165, 1.54) is 18.2 Å².